The van der Waals surface area contributed by atoms with Gasteiger partial charge < -0.3 is 30.6 Å². The van der Waals surface area contributed by atoms with Crippen LogP contribution in [-0.2, 0) is 18.1 Å². The molecule has 3 saturated heterocycles. The van der Waals surface area contributed by atoms with E-state index in [1.807, 2.05) is 0 Å². The topological polar surface area (TPSA) is 166 Å². The van der Waals surface area contributed by atoms with E-state index in [9.17, 15) is 25.0 Å². The van der Waals surface area contributed by atoms with Crippen LogP contribution in [0, 0.1) is 0 Å². The van der Waals surface area contributed by atoms with Crippen LogP contribution in [0.2, 0.25) is 0 Å². The number of hydrogen-bond donors (Lipinski definition) is 6. The van der Waals surface area contributed by atoms with Crippen LogP contribution in [0.25, 0.3) is 0 Å². The minimum atomic E-state index is -4.13. The van der Waals surface area contributed by atoms with Gasteiger partial charge in [0.2, 0.25) is 0 Å². The maximum atomic E-state index is 11.2. The third-order valence-electron chi connectivity index (χ3n) is 2.48. The first kappa shape index (κ1) is 13.3. The van der Waals surface area contributed by atoms with Crippen molar-refractivity contribution in [1.29, 1.82) is 0 Å². The number of phosphoric acid groups is 1. The van der Waals surface area contributed by atoms with Crippen molar-refractivity contribution in [3.8, 4) is 0 Å². The summed E-state index contributed by atoms with van der Waals surface area (Å²) in [7, 11) is -4.13. The lowest BCUT2D eigenvalue weighted by atomic mass is 9.98. The van der Waals surface area contributed by atoms with Gasteiger partial charge in [-0.2, -0.15) is 0 Å². The van der Waals surface area contributed by atoms with Gasteiger partial charge in [-0.25, -0.2) is 18.1 Å². The van der Waals surface area contributed by atoms with Gasteiger partial charge in [0.15, 0.2) is 0 Å². The van der Waals surface area contributed by atoms with Gasteiger partial charge >= 0.3 is 13.8 Å². The van der Waals surface area contributed by atoms with Crippen LogP contribution in [0.5, 0.6) is 0 Å². The number of aliphatic hydroxyl groups excluding tert-OH is 4. The highest BCUT2D eigenvalue weighted by molar-refractivity contribution is 7.50. The van der Waals surface area contributed by atoms with Gasteiger partial charge in [0.05, 0.1) is 6.61 Å². The third kappa shape index (κ3) is 1.66. The Morgan fingerprint density at radius 1 is 1.12 bits per heavy atom. The van der Waals surface area contributed by atoms with Gasteiger partial charge in [-0.05, 0) is 0 Å². The fourth-order valence-electron chi connectivity index (χ4n) is 1.50. The minimum Gasteiger partial charge on any atom is -0.394 e. The molecule has 0 aliphatic carbocycles. The highest BCUT2D eigenvalue weighted by Crippen LogP contribution is 2.76. The molecule has 3 fully saturated rings. The Morgan fingerprint density at radius 3 is 2.00 bits per heavy atom. The van der Waals surface area contributed by atoms with E-state index in [1.165, 1.54) is 0 Å². The summed E-state index contributed by atoms with van der Waals surface area (Å²) in [5.41, 5.74) is 0. The molecule has 0 aromatic heterocycles. The molecule has 0 spiro atoms. The van der Waals surface area contributed by atoms with Crippen molar-refractivity contribution in [2.24, 2.45) is 0 Å². The molecule has 0 amide bonds. The zero-order valence-corrected chi connectivity index (χ0v) is 9.10. The van der Waals surface area contributed by atoms with Gasteiger partial charge in [-0.15, -0.1) is 0 Å². The molecule has 0 unspecified atom stereocenters. The van der Waals surface area contributed by atoms with Crippen LogP contribution in [-0.4, -0.2) is 67.3 Å². The molecule has 11 heteroatoms. The molecule has 3 rings (SSSR count). The van der Waals surface area contributed by atoms with E-state index in [-0.39, 0.29) is 0 Å². The summed E-state index contributed by atoms with van der Waals surface area (Å²) in [6, 6.07) is 0. The zero-order chi connectivity index (χ0) is 13.1. The zero-order valence-electron chi connectivity index (χ0n) is 8.20. The Morgan fingerprint density at radius 2 is 1.65 bits per heavy atom. The van der Waals surface area contributed by atoms with Crippen molar-refractivity contribution in [1.82, 2.24) is 0 Å². The van der Waals surface area contributed by atoms with E-state index >= 15 is 0 Å². The third-order valence-corrected chi connectivity index (χ3v) is 3.92. The number of fused-ring (bicyclic) bond motifs is 1. The van der Waals surface area contributed by atoms with Crippen LogP contribution in [0.3, 0.4) is 0 Å². The second-order valence-corrected chi connectivity index (χ2v) is 5.13. The number of phosphoric ester groups is 1. The Labute approximate surface area is 94.2 Å². The standard InChI is InChI=1S/C6H11O10P/c7-1-2(8)3(9)4(10)5(11)6(12)15-17(13,14-5)16-6/h2-4,7-12H,1H2/t2-,3-,4-,5-,6?,17?/m1/s1. The molecule has 0 saturated carbocycles. The summed E-state index contributed by atoms with van der Waals surface area (Å²) >= 11 is 0. The van der Waals surface area contributed by atoms with Gasteiger partial charge in [-0.1, -0.05) is 0 Å². The van der Waals surface area contributed by atoms with Gasteiger partial charge in [0.1, 0.15) is 18.3 Å². The number of hydrogen-bond acceptors (Lipinski definition) is 10. The minimum absolute atomic E-state index is 0.924. The Hall–Kier alpha value is -0.130. The average Bonchev–Trinajstić information content (AvgIpc) is 2.55. The summed E-state index contributed by atoms with van der Waals surface area (Å²) < 4.78 is 23.9. The quantitative estimate of drug-likeness (QED) is 0.284. The van der Waals surface area contributed by atoms with Crippen LogP contribution in [0.1, 0.15) is 0 Å². The molecule has 10 nitrogen and oxygen atoms in total. The van der Waals surface area contributed by atoms with Crippen LogP contribution in [0.15, 0.2) is 0 Å². The monoisotopic (exact) mass is 274 g/mol. The molecule has 2 bridgehead atoms. The second kappa shape index (κ2) is 3.68. The Kier molecular flexibility index (Phi) is 2.88. The molecule has 17 heavy (non-hydrogen) atoms. The largest absolute Gasteiger partial charge is 0.486 e. The van der Waals surface area contributed by atoms with Crippen LogP contribution >= 0.6 is 7.82 Å². The molecule has 100 valence electrons. The Balaban J connectivity index is 2.20. The Bertz CT molecular complexity index is 362. The van der Waals surface area contributed by atoms with E-state index < -0.39 is 44.5 Å². The number of aliphatic hydroxyl groups is 6. The van der Waals surface area contributed by atoms with E-state index in [4.69, 9.17) is 10.2 Å². The molecular weight excluding hydrogens is 263 g/mol. The fourth-order valence-corrected chi connectivity index (χ4v) is 3.02. The molecule has 3 aliphatic heterocycles. The molecule has 3 aliphatic rings. The summed E-state index contributed by atoms with van der Waals surface area (Å²) in [6.07, 6.45) is -6.23. The highest BCUT2D eigenvalue weighted by Gasteiger charge is 2.82. The molecule has 0 radical (unpaired) electrons. The van der Waals surface area contributed by atoms with Crippen molar-refractivity contribution in [2.75, 3.05) is 6.61 Å². The van der Waals surface area contributed by atoms with Crippen molar-refractivity contribution >= 4 is 7.82 Å². The lowest BCUT2D eigenvalue weighted by Gasteiger charge is -2.37. The predicted octanol–water partition coefficient (Wildman–Crippen LogP) is -3.42. The van der Waals surface area contributed by atoms with Crippen molar-refractivity contribution < 1.29 is 48.8 Å². The van der Waals surface area contributed by atoms with E-state index in [0.717, 1.165) is 0 Å². The maximum absolute atomic E-state index is 11.2. The van der Waals surface area contributed by atoms with E-state index in [1.54, 1.807) is 0 Å². The summed E-state index contributed by atoms with van der Waals surface area (Å²) in [4.78, 5) is 0. The summed E-state index contributed by atoms with van der Waals surface area (Å²) in [5, 5.41) is 55.6. The van der Waals surface area contributed by atoms with Crippen molar-refractivity contribution in [3.05, 3.63) is 0 Å². The maximum Gasteiger partial charge on any atom is 0.486 e. The van der Waals surface area contributed by atoms with Gasteiger partial charge in [0, 0.05) is 0 Å². The fraction of sp³-hybridized carbons (Fsp3) is 1.00. The molecule has 0 aromatic rings. The first-order valence-corrected chi connectivity index (χ1v) is 5.95. The van der Waals surface area contributed by atoms with Crippen LogP contribution in [0.4, 0.5) is 0 Å². The van der Waals surface area contributed by atoms with Gasteiger partial charge in [0.25, 0.3) is 5.79 Å². The first-order valence-electron chi connectivity index (χ1n) is 4.49. The molecule has 6 N–H and O–H groups in total. The summed E-state index contributed by atoms with van der Waals surface area (Å²) in [6.45, 7) is -0.924. The second-order valence-electron chi connectivity index (χ2n) is 3.68. The SMILES string of the molecule is O=P12OC(O)(O1)[C@@](O)([C@H](O)[C@H](O)[C@H](O)CO)O2. The van der Waals surface area contributed by atoms with E-state index in [2.05, 4.69) is 13.6 Å². The molecule has 3 heterocycles. The van der Waals surface area contributed by atoms with E-state index in [0.29, 0.717) is 0 Å². The van der Waals surface area contributed by atoms with Crippen molar-refractivity contribution in [3.63, 3.8) is 0 Å². The van der Waals surface area contributed by atoms with Gasteiger partial charge in [-0.3, -0.25) is 0 Å². The normalized spacial score (nSPS) is 49.5. The first-order chi connectivity index (χ1) is 7.67. The molecule has 4 atom stereocenters. The smallest absolute Gasteiger partial charge is 0.394 e. The molecule has 0 aromatic carbocycles. The highest BCUT2D eigenvalue weighted by atomic mass is 31.2. The predicted molar refractivity (Wildman–Crippen MR) is 45.9 cm³/mol. The average molecular weight is 274 g/mol. The van der Waals surface area contributed by atoms with Crippen LogP contribution < -0.4 is 0 Å². The number of rotatable bonds is 4. The lowest BCUT2D eigenvalue weighted by molar-refractivity contribution is -0.417. The van der Waals surface area contributed by atoms with Crippen molar-refractivity contribution in [2.45, 2.75) is 30.1 Å². The summed E-state index contributed by atoms with van der Waals surface area (Å²) in [5.74, 6) is -5.92. The lowest BCUT2D eigenvalue weighted by Crippen LogP contribution is -2.64. The molecular formula is C6H11O10P.